The number of amidine groups is 1. The number of aliphatic imine (C=N–C) groups is 1. The minimum atomic E-state index is -4.56. The van der Waals surface area contributed by atoms with Crippen LogP contribution < -0.4 is 15.0 Å². The van der Waals surface area contributed by atoms with Gasteiger partial charge in [0.25, 0.3) is 6.23 Å². The molecule has 2 atom stereocenters. The number of alkyl halides is 3. The highest BCUT2D eigenvalue weighted by Crippen LogP contribution is 2.45. The van der Waals surface area contributed by atoms with Crippen LogP contribution in [0, 0.1) is 0 Å². The van der Waals surface area contributed by atoms with Gasteiger partial charge in [-0.05, 0) is 18.2 Å². The van der Waals surface area contributed by atoms with E-state index in [2.05, 4.69) is 10.3 Å². The zero-order chi connectivity index (χ0) is 18.7. The number of ether oxygens (including phenoxy) is 3. The molecule has 0 bridgehead atoms. The molecule has 3 aliphatic heterocycles. The van der Waals surface area contributed by atoms with E-state index in [0.29, 0.717) is 13.1 Å². The van der Waals surface area contributed by atoms with E-state index >= 15 is 0 Å². The third kappa shape index (κ3) is 2.26. The molecule has 8 nitrogen and oxygen atoms in total. The van der Waals surface area contributed by atoms with Gasteiger partial charge in [-0.3, -0.25) is 4.99 Å². The van der Waals surface area contributed by atoms with Gasteiger partial charge in [0.15, 0.2) is 5.84 Å². The van der Waals surface area contributed by atoms with Gasteiger partial charge < -0.3 is 24.4 Å². The number of fused-ring (bicyclic) bond motifs is 2. The average molecular weight is 371 g/mol. The van der Waals surface area contributed by atoms with Crippen LogP contribution in [-0.4, -0.2) is 49.9 Å². The molecule has 0 saturated carbocycles. The van der Waals surface area contributed by atoms with E-state index in [9.17, 15) is 22.8 Å². The maximum atomic E-state index is 13.0. The molecule has 3 heterocycles. The summed E-state index contributed by atoms with van der Waals surface area (Å²) in [6, 6.07) is 2.83. The number of hydrogen-bond acceptors (Lipinski definition) is 8. The largest absolute Gasteiger partial charge is 0.439 e. The molecule has 1 fully saturated rings. The van der Waals surface area contributed by atoms with Gasteiger partial charge in [-0.25, -0.2) is 9.59 Å². The Morgan fingerprint density at radius 3 is 2.69 bits per heavy atom. The molecule has 0 aliphatic carbocycles. The van der Waals surface area contributed by atoms with Crippen molar-refractivity contribution in [2.24, 2.45) is 4.99 Å². The number of likely N-dealkylation sites (N-methyl/N-ethyl adjacent to an activating group) is 1. The van der Waals surface area contributed by atoms with E-state index in [1.807, 2.05) is 0 Å². The summed E-state index contributed by atoms with van der Waals surface area (Å²) in [5.74, 6) is -4.31. The molecule has 0 spiro atoms. The molecule has 0 aromatic heterocycles. The summed E-state index contributed by atoms with van der Waals surface area (Å²) in [5, 5.41) is 2.89. The summed E-state index contributed by atoms with van der Waals surface area (Å²) in [4.78, 5) is 28.9. The lowest BCUT2D eigenvalue weighted by Crippen LogP contribution is -2.71. The van der Waals surface area contributed by atoms with Gasteiger partial charge >= 0.3 is 23.9 Å². The normalized spacial score (nSPS) is 27.5. The second kappa shape index (κ2) is 5.26. The van der Waals surface area contributed by atoms with Crippen molar-refractivity contribution in [3.05, 3.63) is 23.8 Å². The molecular weight excluding hydrogens is 359 g/mol. The Morgan fingerprint density at radius 2 is 2.04 bits per heavy atom. The Hall–Kier alpha value is -2.98. The van der Waals surface area contributed by atoms with E-state index in [4.69, 9.17) is 14.2 Å². The summed E-state index contributed by atoms with van der Waals surface area (Å²) in [5.41, 5.74) is -0.862. The number of nitrogens with one attached hydrogen (secondary N) is 1. The molecule has 1 saturated heterocycles. The van der Waals surface area contributed by atoms with Crippen molar-refractivity contribution in [1.82, 2.24) is 5.32 Å². The molecular formula is C15H12F3N3O5. The van der Waals surface area contributed by atoms with Crippen LogP contribution in [0.15, 0.2) is 23.2 Å². The second-order valence-corrected chi connectivity index (χ2v) is 5.87. The predicted molar refractivity (Wildman–Crippen MR) is 79.5 cm³/mol. The first-order valence-corrected chi connectivity index (χ1v) is 7.58. The van der Waals surface area contributed by atoms with Crippen LogP contribution in [-0.2, 0) is 25.2 Å². The summed E-state index contributed by atoms with van der Waals surface area (Å²) in [6.07, 6.45) is -5.90. The minimum absolute atomic E-state index is 0.0268. The molecule has 4 rings (SSSR count). The Morgan fingerprint density at radius 1 is 1.27 bits per heavy atom. The molecule has 11 heteroatoms. The number of rotatable bonds is 1. The van der Waals surface area contributed by atoms with Crippen molar-refractivity contribution >= 4 is 23.5 Å². The Bertz CT molecular complexity index is 840. The van der Waals surface area contributed by atoms with E-state index in [1.165, 1.54) is 11.9 Å². The van der Waals surface area contributed by atoms with E-state index in [1.54, 1.807) is 0 Å². The fourth-order valence-electron chi connectivity index (χ4n) is 3.05. The summed E-state index contributed by atoms with van der Waals surface area (Å²) < 4.78 is 55.1. The van der Waals surface area contributed by atoms with Crippen LogP contribution in [0.3, 0.4) is 0 Å². The standard InChI is InChI=1S/C15H12F3N3O5/c1-21-8-6-7(15(16,17)18)2-3-9(8)25-14(12-19-4-5-20-12)13(21)24-10(22)11(23)26-14/h2-3,6,13H,4-5H2,1H3,(H,19,20). The van der Waals surface area contributed by atoms with Gasteiger partial charge in [-0.15, -0.1) is 0 Å². The van der Waals surface area contributed by atoms with Crippen LogP contribution in [0.1, 0.15) is 5.56 Å². The highest BCUT2D eigenvalue weighted by Gasteiger charge is 2.62. The smallest absolute Gasteiger partial charge is 0.421 e. The van der Waals surface area contributed by atoms with Gasteiger partial charge in [0.1, 0.15) is 5.75 Å². The molecule has 2 unspecified atom stereocenters. The molecule has 1 aromatic carbocycles. The lowest BCUT2D eigenvalue weighted by molar-refractivity contribution is -0.240. The van der Waals surface area contributed by atoms with Gasteiger partial charge in [0.05, 0.1) is 17.8 Å². The number of nitrogens with zero attached hydrogens (tertiary/aromatic N) is 2. The van der Waals surface area contributed by atoms with E-state index < -0.39 is 35.7 Å². The predicted octanol–water partition coefficient (Wildman–Crippen LogP) is 0.658. The molecule has 1 N–H and O–H groups in total. The lowest BCUT2D eigenvalue weighted by atomic mass is 10.1. The SMILES string of the molecule is CN1c2cc(C(F)(F)F)ccc2OC2(C3=NCCN3)OC(=O)C(=O)OC12. The fraction of sp³-hybridized carbons (Fsp3) is 0.400. The summed E-state index contributed by atoms with van der Waals surface area (Å²) in [6.45, 7) is 0.824. The van der Waals surface area contributed by atoms with Crippen molar-refractivity contribution in [3.63, 3.8) is 0 Å². The van der Waals surface area contributed by atoms with Crippen LogP contribution in [0.25, 0.3) is 0 Å². The van der Waals surface area contributed by atoms with Gasteiger partial charge in [0.2, 0.25) is 0 Å². The highest BCUT2D eigenvalue weighted by molar-refractivity contribution is 6.31. The van der Waals surface area contributed by atoms with Crippen LogP contribution in [0.5, 0.6) is 5.75 Å². The quantitative estimate of drug-likeness (QED) is 0.573. The third-order valence-electron chi connectivity index (χ3n) is 4.24. The molecule has 138 valence electrons. The molecule has 0 radical (unpaired) electrons. The minimum Gasteiger partial charge on any atom is -0.439 e. The number of halogens is 3. The van der Waals surface area contributed by atoms with Crippen molar-refractivity contribution in [2.45, 2.75) is 18.2 Å². The first-order valence-electron chi connectivity index (χ1n) is 7.58. The van der Waals surface area contributed by atoms with Crippen molar-refractivity contribution in [3.8, 4) is 5.75 Å². The van der Waals surface area contributed by atoms with E-state index in [-0.39, 0.29) is 17.3 Å². The van der Waals surface area contributed by atoms with Crippen LogP contribution in [0.4, 0.5) is 18.9 Å². The number of anilines is 1. The van der Waals surface area contributed by atoms with Crippen LogP contribution in [0.2, 0.25) is 0 Å². The van der Waals surface area contributed by atoms with Crippen molar-refractivity contribution in [1.29, 1.82) is 0 Å². The zero-order valence-electron chi connectivity index (χ0n) is 13.3. The first-order chi connectivity index (χ1) is 12.2. The number of benzene rings is 1. The maximum absolute atomic E-state index is 13.0. The monoisotopic (exact) mass is 371 g/mol. The van der Waals surface area contributed by atoms with E-state index in [0.717, 1.165) is 18.2 Å². The van der Waals surface area contributed by atoms with Gasteiger partial charge in [0, 0.05) is 13.6 Å². The molecule has 1 aromatic rings. The summed E-state index contributed by atoms with van der Waals surface area (Å²) >= 11 is 0. The number of carbonyl (C=O) groups is 2. The second-order valence-electron chi connectivity index (χ2n) is 5.87. The number of esters is 2. The topological polar surface area (TPSA) is 89.5 Å². The maximum Gasteiger partial charge on any atom is 0.421 e. The Kier molecular flexibility index (Phi) is 3.33. The van der Waals surface area contributed by atoms with Crippen molar-refractivity contribution < 1.29 is 37.0 Å². The fourth-order valence-corrected chi connectivity index (χ4v) is 3.05. The Labute approximate surface area is 144 Å². The first kappa shape index (κ1) is 16.5. The average Bonchev–Trinajstić information content (AvgIpc) is 3.11. The third-order valence-corrected chi connectivity index (χ3v) is 4.24. The van der Waals surface area contributed by atoms with Crippen LogP contribution >= 0.6 is 0 Å². The van der Waals surface area contributed by atoms with Gasteiger partial charge in [-0.1, -0.05) is 0 Å². The summed E-state index contributed by atoms with van der Waals surface area (Å²) in [7, 11) is 1.41. The number of hydrogen-bond donors (Lipinski definition) is 1. The van der Waals surface area contributed by atoms with Gasteiger partial charge in [-0.2, -0.15) is 13.2 Å². The molecule has 0 amide bonds. The molecule has 26 heavy (non-hydrogen) atoms. The molecule has 3 aliphatic rings. The Balaban J connectivity index is 1.84. The highest BCUT2D eigenvalue weighted by atomic mass is 19.4. The zero-order valence-corrected chi connectivity index (χ0v) is 13.3. The number of carbonyl (C=O) groups excluding carboxylic acids is 2. The van der Waals surface area contributed by atoms with Crippen molar-refractivity contribution in [2.75, 3.05) is 25.0 Å². The lowest BCUT2D eigenvalue weighted by Gasteiger charge is -2.48.